The van der Waals surface area contributed by atoms with E-state index in [4.69, 9.17) is 9.47 Å². The van der Waals surface area contributed by atoms with Crippen molar-refractivity contribution in [1.29, 1.82) is 0 Å². The summed E-state index contributed by atoms with van der Waals surface area (Å²) in [4.78, 5) is 8.94. The van der Waals surface area contributed by atoms with E-state index in [1.165, 1.54) is 5.56 Å². The summed E-state index contributed by atoms with van der Waals surface area (Å²) in [5.41, 5.74) is 2.12. The highest BCUT2D eigenvalue weighted by Crippen LogP contribution is 2.28. The lowest BCUT2D eigenvalue weighted by molar-refractivity contribution is 0.354. The SMILES string of the molecule is CN=C(NCCCc1ccc(OC)c(OC)c1)N1CCN(c2ccccc2O)CC1. The van der Waals surface area contributed by atoms with Crippen molar-refractivity contribution >= 4 is 11.6 Å². The van der Waals surface area contributed by atoms with E-state index < -0.39 is 0 Å². The summed E-state index contributed by atoms with van der Waals surface area (Å²) in [5, 5.41) is 13.6. The van der Waals surface area contributed by atoms with Crippen LogP contribution < -0.4 is 19.7 Å². The Morgan fingerprint density at radius 1 is 1.03 bits per heavy atom. The van der Waals surface area contributed by atoms with Gasteiger partial charge in [-0.15, -0.1) is 0 Å². The average molecular weight is 413 g/mol. The molecule has 0 amide bonds. The summed E-state index contributed by atoms with van der Waals surface area (Å²) in [6, 6.07) is 13.6. The fourth-order valence-electron chi connectivity index (χ4n) is 3.75. The third-order valence-corrected chi connectivity index (χ3v) is 5.39. The molecule has 2 N–H and O–H groups in total. The zero-order valence-electron chi connectivity index (χ0n) is 18.1. The first kappa shape index (κ1) is 21.6. The maximum atomic E-state index is 10.1. The van der Waals surface area contributed by atoms with Crippen molar-refractivity contribution in [2.75, 3.05) is 58.9 Å². The monoisotopic (exact) mass is 412 g/mol. The number of aromatic hydroxyl groups is 1. The van der Waals surface area contributed by atoms with Gasteiger partial charge in [0.2, 0.25) is 0 Å². The molecule has 30 heavy (non-hydrogen) atoms. The lowest BCUT2D eigenvalue weighted by Crippen LogP contribution is -2.52. The Hall–Kier alpha value is -3.09. The van der Waals surface area contributed by atoms with Crippen molar-refractivity contribution in [3.8, 4) is 17.2 Å². The maximum Gasteiger partial charge on any atom is 0.193 e. The Labute approximate surface area is 178 Å². The highest BCUT2D eigenvalue weighted by molar-refractivity contribution is 5.80. The minimum Gasteiger partial charge on any atom is -0.506 e. The molecule has 7 nitrogen and oxygen atoms in total. The number of anilines is 1. The Kier molecular flexibility index (Phi) is 7.65. The zero-order valence-corrected chi connectivity index (χ0v) is 18.1. The summed E-state index contributed by atoms with van der Waals surface area (Å²) >= 11 is 0. The summed E-state index contributed by atoms with van der Waals surface area (Å²) in [5.74, 6) is 2.78. The molecule has 3 rings (SSSR count). The number of aryl methyl sites for hydroxylation is 1. The highest BCUT2D eigenvalue weighted by Gasteiger charge is 2.21. The number of nitrogens with zero attached hydrogens (tertiary/aromatic N) is 3. The first-order valence-electron chi connectivity index (χ1n) is 10.4. The molecule has 0 aromatic heterocycles. The second-order valence-corrected chi connectivity index (χ2v) is 7.23. The molecule has 2 aromatic rings. The Morgan fingerprint density at radius 2 is 1.77 bits per heavy atom. The van der Waals surface area contributed by atoms with Crippen LogP contribution in [0.5, 0.6) is 17.2 Å². The van der Waals surface area contributed by atoms with E-state index in [9.17, 15) is 5.11 Å². The van der Waals surface area contributed by atoms with Crippen molar-refractivity contribution in [3.05, 3.63) is 48.0 Å². The summed E-state index contributed by atoms with van der Waals surface area (Å²) in [7, 11) is 5.13. The quantitative estimate of drug-likeness (QED) is 0.414. The van der Waals surface area contributed by atoms with Crippen LogP contribution in [-0.2, 0) is 6.42 Å². The van der Waals surface area contributed by atoms with Crippen molar-refractivity contribution in [3.63, 3.8) is 0 Å². The molecule has 0 radical (unpaired) electrons. The molecule has 0 aliphatic carbocycles. The van der Waals surface area contributed by atoms with Gasteiger partial charge in [-0.2, -0.15) is 0 Å². The molecule has 1 aliphatic rings. The molecule has 7 heteroatoms. The number of phenolic OH excluding ortho intramolecular Hbond substituents is 1. The van der Waals surface area contributed by atoms with Gasteiger partial charge in [-0.3, -0.25) is 4.99 Å². The van der Waals surface area contributed by atoms with Gasteiger partial charge < -0.3 is 29.7 Å². The standard InChI is InChI=1S/C23H32N4O3/c1-24-23(25-12-6-7-18-10-11-21(29-2)22(17-18)30-3)27-15-13-26(14-16-27)19-8-4-5-9-20(19)28/h4-5,8-11,17,28H,6-7,12-16H2,1-3H3,(H,24,25). The smallest absolute Gasteiger partial charge is 0.193 e. The molecule has 0 atom stereocenters. The van der Waals surface area contributed by atoms with Gasteiger partial charge in [0.05, 0.1) is 19.9 Å². The van der Waals surface area contributed by atoms with Crippen molar-refractivity contribution in [1.82, 2.24) is 10.2 Å². The van der Waals surface area contributed by atoms with Crippen LogP contribution in [-0.4, -0.2) is 70.0 Å². The second kappa shape index (κ2) is 10.6. The number of phenols is 1. The van der Waals surface area contributed by atoms with Crippen LogP contribution in [0.25, 0.3) is 0 Å². The van der Waals surface area contributed by atoms with Crippen molar-refractivity contribution in [2.45, 2.75) is 12.8 Å². The van der Waals surface area contributed by atoms with Crippen LogP contribution in [0, 0.1) is 0 Å². The summed E-state index contributed by atoms with van der Waals surface area (Å²) in [6.07, 6.45) is 1.94. The number of ether oxygens (including phenoxy) is 2. The number of rotatable bonds is 7. The molecule has 0 saturated carbocycles. The molecule has 0 unspecified atom stereocenters. The Bertz CT molecular complexity index is 848. The largest absolute Gasteiger partial charge is 0.506 e. The van der Waals surface area contributed by atoms with Gasteiger partial charge in [-0.25, -0.2) is 0 Å². The lowest BCUT2D eigenvalue weighted by atomic mass is 10.1. The summed E-state index contributed by atoms with van der Waals surface area (Å²) in [6.45, 7) is 4.28. The van der Waals surface area contributed by atoms with Crippen LogP contribution in [0.3, 0.4) is 0 Å². The van der Waals surface area contributed by atoms with Gasteiger partial charge in [0.15, 0.2) is 17.5 Å². The first-order valence-corrected chi connectivity index (χ1v) is 10.4. The van der Waals surface area contributed by atoms with Crippen LogP contribution in [0.1, 0.15) is 12.0 Å². The van der Waals surface area contributed by atoms with Crippen molar-refractivity contribution < 1.29 is 14.6 Å². The number of benzene rings is 2. The molecule has 162 valence electrons. The van der Waals surface area contributed by atoms with Gasteiger partial charge in [0, 0.05) is 39.8 Å². The van der Waals surface area contributed by atoms with E-state index in [0.717, 1.165) is 68.7 Å². The maximum absolute atomic E-state index is 10.1. The molecule has 1 aliphatic heterocycles. The number of methoxy groups -OCH3 is 2. The van der Waals surface area contributed by atoms with E-state index in [1.54, 1.807) is 20.3 Å². The molecule has 2 aromatic carbocycles. The Morgan fingerprint density at radius 3 is 2.43 bits per heavy atom. The normalized spacial score (nSPS) is 14.6. The van der Waals surface area contributed by atoms with Crippen LogP contribution in [0.4, 0.5) is 5.69 Å². The van der Waals surface area contributed by atoms with E-state index >= 15 is 0 Å². The number of hydrogen-bond acceptors (Lipinski definition) is 5. The topological polar surface area (TPSA) is 69.6 Å². The fourth-order valence-corrected chi connectivity index (χ4v) is 3.75. The third-order valence-electron chi connectivity index (χ3n) is 5.39. The molecule has 1 saturated heterocycles. The number of hydrogen-bond donors (Lipinski definition) is 2. The molecule has 1 heterocycles. The van der Waals surface area contributed by atoms with Crippen LogP contribution >= 0.6 is 0 Å². The highest BCUT2D eigenvalue weighted by atomic mass is 16.5. The Balaban J connectivity index is 1.45. The van der Waals surface area contributed by atoms with E-state index in [2.05, 4.69) is 26.2 Å². The minimum absolute atomic E-state index is 0.337. The van der Waals surface area contributed by atoms with E-state index in [0.29, 0.717) is 5.75 Å². The lowest BCUT2D eigenvalue weighted by Gasteiger charge is -2.37. The number of para-hydroxylation sites is 2. The first-order chi connectivity index (χ1) is 14.7. The van der Waals surface area contributed by atoms with Gasteiger partial charge >= 0.3 is 0 Å². The predicted molar refractivity (Wildman–Crippen MR) is 121 cm³/mol. The van der Waals surface area contributed by atoms with E-state index in [1.807, 2.05) is 37.4 Å². The van der Waals surface area contributed by atoms with E-state index in [-0.39, 0.29) is 0 Å². The summed E-state index contributed by atoms with van der Waals surface area (Å²) < 4.78 is 10.7. The van der Waals surface area contributed by atoms with Gasteiger partial charge in [-0.1, -0.05) is 18.2 Å². The zero-order chi connectivity index (χ0) is 21.3. The molecule has 0 spiro atoms. The molecular formula is C23H32N4O3. The van der Waals surface area contributed by atoms with Crippen molar-refractivity contribution in [2.24, 2.45) is 4.99 Å². The number of aliphatic imine (C=N–C) groups is 1. The fraction of sp³-hybridized carbons (Fsp3) is 0.435. The third kappa shape index (κ3) is 5.28. The second-order valence-electron chi connectivity index (χ2n) is 7.23. The van der Waals surface area contributed by atoms with Gasteiger partial charge in [0.25, 0.3) is 0 Å². The van der Waals surface area contributed by atoms with Crippen LogP contribution in [0.2, 0.25) is 0 Å². The molecule has 0 bridgehead atoms. The molecular weight excluding hydrogens is 380 g/mol. The average Bonchev–Trinajstić information content (AvgIpc) is 2.79. The number of piperazine rings is 1. The van der Waals surface area contributed by atoms with Gasteiger partial charge in [-0.05, 0) is 42.7 Å². The predicted octanol–water partition coefficient (Wildman–Crippen LogP) is 2.74. The van der Waals surface area contributed by atoms with Gasteiger partial charge in [0.1, 0.15) is 5.75 Å². The molecule has 1 fully saturated rings. The number of nitrogens with one attached hydrogen (secondary N) is 1. The van der Waals surface area contributed by atoms with Crippen LogP contribution in [0.15, 0.2) is 47.5 Å². The minimum atomic E-state index is 0.337. The number of guanidine groups is 1.